The van der Waals surface area contributed by atoms with Gasteiger partial charge in [-0.25, -0.2) is 9.59 Å². The van der Waals surface area contributed by atoms with Gasteiger partial charge in [-0.05, 0) is 23.7 Å². The minimum Gasteiger partial charge on any atom is -0.480 e. The van der Waals surface area contributed by atoms with Crippen molar-refractivity contribution in [3.8, 4) is 0 Å². The smallest absolute Gasteiger partial charge is 0.329 e. The van der Waals surface area contributed by atoms with E-state index in [9.17, 15) is 29.4 Å². The standard InChI is InChI=1S/C22H40N2O7/c1-11(2)15(21(28)29)23(9)20(27)18(14(7)8)31-22(30)16(12(3)4)24(10)19(26)17(25)13(5)6/h11-18,25H,1-10H3,(H,28,29)/t15-,16+,17+,18+/m0/s1. The molecule has 0 heterocycles. The molecule has 2 amide bonds. The zero-order valence-corrected chi connectivity index (χ0v) is 20.4. The Labute approximate surface area is 185 Å². The summed E-state index contributed by atoms with van der Waals surface area (Å²) in [6, 6.07) is -2.08. The number of aliphatic hydroxyl groups is 1. The van der Waals surface area contributed by atoms with E-state index < -0.39 is 54.0 Å². The van der Waals surface area contributed by atoms with Crippen molar-refractivity contribution in [3.63, 3.8) is 0 Å². The number of amides is 2. The molecule has 0 unspecified atom stereocenters. The van der Waals surface area contributed by atoms with E-state index >= 15 is 0 Å². The molecule has 9 heteroatoms. The molecule has 0 fully saturated rings. The first-order chi connectivity index (χ1) is 14.1. The average Bonchev–Trinajstić information content (AvgIpc) is 2.62. The molecule has 9 nitrogen and oxygen atoms in total. The van der Waals surface area contributed by atoms with Gasteiger partial charge < -0.3 is 24.7 Å². The van der Waals surface area contributed by atoms with Crippen molar-refractivity contribution < 1.29 is 34.1 Å². The lowest BCUT2D eigenvalue weighted by atomic mass is 9.98. The summed E-state index contributed by atoms with van der Waals surface area (Å²) < 4.78 is 5.54. The number of likely N-dealkylation sites (N-methyl/N-ethyl adjacent to an activating group) is 2. The number of rotatable bonds is 11. The Balaban J connectivity index is 5.77. The molecule has 0 aliphatic carbocycles. The summed E-state index contributed by atoms with van der Waals surface area (Å²) in [5.74, 6) is -4.60. The van der Waals surface area contributed by atoms with Crippen LogP contribution < -0.4 is 0 Å². The second-order valence-electron chi connectivity index (χ2n) is 9.40. The first-order valence-corrected chi connectivity index (χ1v) is 10.7. The Bertz CT molecular complexity index is 646. The Kier molecular flexibility index (Phi) is 11.2. The number of nitrogens with zero attached hydrogens (tertiary/aromatic N) is 2. The van der Waals surface area contributed by atoms with Crippen LogP contribution in [0, 0.1) is 23.7 Å². The van der Waals surface area contributed by atoms with E-state index in [-0.39, 0.29) is 17.8 Å². The van der Waals surface area contributed by atoms with Crippen molar-refractivity contribution >= 4 is 23.8 Å². The van der Waals surface area contributed by atoms with Crippen LogP contribution >= 0.6 is 0 Å². The maximum atomic E-state index is 13.0. The highest BCUT2D eigenvalue weighted by molar-refractivity contribution is 5.90. The molecule has 4 atom stereocenters. The minimum absolute atomic E-state index is 0.332. The molecule has 0 aliphatic rings. The number of carbonyl (C=O) groups is 4. The zero-order valence-electron chi connectivity index (χ0n) is 20.4. The van der Waals surface area contributed by atoms with Gasteiger partial charge in [-0.3, -0.25) is 9.59 Å². The fraction of sp³-hybridized carbons (Fsp3) is 0.818. The summed E-state index contributed by atoms with van der Waals surface area (Å²) in [6.45, 7) is 13.6. The number of aliphatic carboxylic acids is 1. The molecule has 0 aromatic heterocycles. The highest BCUT2D eigenvalue weighted by Gasteiger charge is 2.40. The number of carbonyl (C=O) groups excluding carboxylic acids is 3. The van der Waals surface area contributed by atoms with Gasteiger partial charge in [0.15, 0.2) is 6.10 Å². The number of aliphatic hydroxyl groups excluding tert-OH is 1. The topological polar surface area (TPSA) is 124 Å². The minimum atomic E-state index is -1.27. The van der Waals surface area contributed by atoms with Crippen LogP contribution in [0.25, 0.3) is 0 Å². The first-order valence-electron chi connectivity index (χ1n) is 10.7. The van der Waals surface area contributed by atoms with Crippen LogP contribution in [0.1, 0.15) is 55.4 Å². The van der Waals surface area contributed by atoms with E-state index in [1.165, 1.54) is 14.1 Å². The fourth-order valence-electron chi connectivity index (χ4n) is 3.41. The van der Waals surface area contributed by atoms with Crippen LogP contribution in [0.15, 0.2) is 0 Å². The van der Waals surface area contributed by atoms with Gasteiger partial charge in [-0.1, -0.05) is 55.4 Å². The monoisotopic (exact) mass is 444 g/mol. The SMILES string of the molecule is CC(C)[C@@H](C(=O)O)N(C)C(=O)[C@H](OC(=O)[C@@H](C(C)C)N(C)C(=O)[C@H](O)C(C)C)C(C)C. The van der Waals surface area contributed by atoms with Gasteiger partial charge in [0.05, 0.1) is 0 Å². The lowest BCUT2D eigenvalue weighted by Gasteiger charge is -2.35. The quantitative estimate of drug-likeness (QED) is 0.464. The number of ether oxygens (including phenoxy) is 1. The van der Waals surface area contributed by atoms with Gasteiger partial charge in [0.2, 0.25) is 0 Å². The second kappa shape index (κ2) is 12.0. The molecule has 2 N–H and O–H groups in total. The number of hydrogen-bond donors (Lipinski definition) is 2. The molecule has 0 aromatic carbocycles. The Hall–Kier alpha value is -2.16. The molecule has 0 aliphatic heterocycles. The molecule has 0 aromatic rings. The highest BCUT2D eigenvalue weighted by atomic mass is 16.6. The van der Waals surface area contributed by atoms with Crippen molar-refractivity contribution in [2.45, 2.75) is 79.7 Å². The average molecular weight is 445 g/mol. The molecule has 0 rings (SSSR count). The number of esters is 1. The Morgan fingerprint density at radius 3 is 1.42 bits per heavy atom. The maximum absolute atomic E-state index is 13.0. The van der Waals surface area contributed by atoms with E-state index in [2.05, 4.69) is 0 Å². The van der Waals surface area contributed by atoms with E-state index in [1.807, 2.05) is 0 Å². The third-order valence-corrected chi connectivity index (χ3v) is 5.26. The number of hydrogen-bond acceptors (Lipinski definition) is 6. The predicted molar refractivity (Wildman–Crippen MR) is 116 cm³/mol. The van der Waals surface area contributed by atoms with Crippen molar-refractivity contribution in [2.24, 2.45) is 23.7 Å². The summed E-state index contributed by atoms with van der Waals surface area (Å²) in [4.78, 5) is 52.5. The first kappa shape index (κ1) is 28.8. The molecule has 0 spiro atoms. The largest absolute Gasteiger partial charge is 0.480 e. The molecule has 0 saturated heterocycles. The van der Waals surface area contributed by atoms with E-state index in [0.717, 1.165) is 9.80 Å². The van der Waals surface area contributed by atoms with Gasteiger partial charge >= 0.3 is 11.9 Å². The summed E-state index contributed by atoms with van der Waals surface area (Å²) in [5, 5.41) is 19.6. The zero-order chi connectivity index (χ0) is 24.8. The van der Waals surface area contributed by atoms with Crippen LogP contribution in [0.3, 0.4) is 0 Å². The van der Waals surface area contributed by atoms with Crippen molar-refractivity contribution in [1.82, 2.24) is 9.80 Å². The lowest BCUT2D eigenvalue weighted by molar-refractivity contribution is -0.173. The van der Waals surface area contributed by atoms with Gasteiger partial charge in [-0.15, -0.1) is 0 Å². The lowest BCUT2D eigenvalue weighted by Crippen LogP contribution is -2.54. The molecule has 0 saturated carbocycles. The Morgan fingerprint density at radius 1 is 0.677 bits per heavy atom. The highest BCUT2D eigenvalue weighted by Crippen LogP contribution is 2.20. The third kappa shape index (κ3) is 7.48. The summed E-state index contributed by atoms with van der Waals surface area (Å²) in [5.41, 5.74) is 0. The molecular formula is C22H40N2O7. The van der Waals surface area contributed by atoms with Crippen LogP contribution in [0.5, 0.6) is 0 Å². The van der Waals surface area contributed by atoms with Gasteiger partial charge in [0.1, 0.15) is 18.2 Å². The van der Waals surface area contributed by atoms with Crippen LogP contribution in [-0.2, 0) is 23.9 Å². The molecule has 31 heavy (non-hydrogen) atoms. The van der Waals surface area contributed by atoms with E-state index in [1.54, 1.807) is 55.4 Å². The third-order valence-electron chi connectivity index (χ3n) is 5.26. The molecule has 0 radical (unpaired) electrons. The van der Waals surface area contributed by atoms with Crippen molar-refractivity contribution in [1.29, 1.82) is 0 Å². The van der Waals surface area contributed by atoms with Crippen LogP contribution in [0.4, 0.5) is 0 Å². The molecular weight excluding hydrogens is 404 g/mol. The van der Waals surface area contributed by atoms with E-state index in [4.69, 9.17) is 4.74 Å². The Morgan fingerprint density at radius 2 is 1.10 bits per heavy atom. The van der Waals surface area contributed by atoms with Crippen LogP contribution in [0.2, 0.25) is 0 Å². The number of carboxylic acid groups (broad SMARTS) is 1. The van der Waals surface area contributed by atoms with Gasteiger partial charge in [0.25, 0.3) is 11.8 Å². The van der Waals surface area contributed by atoms with Crippen molar-refractivity contribution in [2.75, 3.05) is 14.1 Å². The van der Waals surface area contributed by atoms with Crippen molar-refractivity contribution in [3.05, 3.63) is 0 Å². The fourth-order valence-corrected chi connectivity index (χ4v) is 3.41. The van der Waals surface area contributed by atoms with Gasteiger partial charge in [-0.2, -0.15) is 0 Å². The molecule has 180 valence electrons. The number of carboxylic acids is 1. The normalized spacial score (nSPS) is 15.6. The van der Waals surface area contributed by atoms with Crippen LogP contribution in [-0.4, -0.2) is 82.2 Å². The summed E-state index contributed by atoms with van der Waals surface area (Å²) in [7, 11) is 2.79. The van der Waals surface area contributed by atoms with Gasteiger partial charge in [0, 0.05) is 14.1 Å². The summed E-state index contributed by atoms with van der Waals surface area (Å²) >= 11 is 0. The molecule has 0 bridgehead atoms. The van der Waals surface area contributed by atoms with E-state index in [0.29, 0.717) is 0 Å². The second-order valence-corrected chi connectivity index (χ2v) is 9.40. The maximum Gasteiger partial charge on any atom is 0.329 e. The predicted octanol–water partition coefficient (Wildman–Crippen LogP) is 1.62. The summed E-state index contributed by atoms with van der Waals surface area (Å²) in [6.07, 6.45) is -2.48.